The molecule has 0 spiro atoms. The number of rotatable bonds is 5. The number of nitrogens with one attached hydrogen (secondary N) is 1. The average molecular weight is 489 g/mol. The van der Waals surface area contributed by atoms with Crippen LogP contribution in [0.5, 0.6) is 0 Å². The SMILES string of the molecule is CC1=C(c2nc(-c3ccc(F)cc3)no2)C(c2cccc(Cl)c2)NC(=O)N1Cc1ccc(C)cc1. The lowest BCUT2D eigenvalue weighted by molar-refractivity contribution is 0.203. The Balaban J connectivity index is 1.59. The largest absolute Gasteiger partial charge is 0.334 e. The molecular formula is C27H22ClFN4O2. The number of aryl methyl sites for hydroxylation is 1. The van der Waals surface area contributed by atoms with Gasteiger partial charge in [0.25, 0.3) is 5.89 Å². The van der Waals surface area contributed by atoms with E-state index in [0.29, 0.717) is 34.2 Å². The fourth-order valence-electron chi connectivity index (χ4n) is 4.11. The lowest BCUT2D eigenvalue weighted by Crippen LogP contribution is -2.45. The predicted octanol–water partition coefficient (Wildman–Crippen LogP) is 6.54. The zero-order valence-corrected chi connectivity index (χ0v) is 19.9. The number of halogens is 2. The second-order valence-corrected chi connectivity index (χ2v) is 8.87. The molecule has 6 nitrogen and oxygen atoms in total. The van der Waals surface area contributed by atoms with Crippen molar-refractivity contribution in [3.63, 3.8) is 0 Å². The Labute approximate surface area is 207 Å². The van der Waals surface area contributed by atoms with Gasteiger partial charge in [0.05, 0.1) is 18.2 Å². The zero-order chi connectivity index (χ0) is 24.5. The molecule has 2 amide bonds. The van der Waals surface area contributed by atoms with Gasteiger partial charge in [0.15, 0.2) is 0 Å². The molecule has 1 unspecified atom stereocenters. The number of hydrogen-bond acceptors (Lipinski definition) is 4. The van der Waals surface area contributed by atoms with Crippen LogP contribution in [0, 0.1) is 12.7 Å². The topological polar surface area (TPSA) is 71.3 Å². The highest BCUT2D eigenvalue weighted by Gasteiger charge is 2.36. The molecule has 0 saturated heterocycles. The molecule has 1 aromatic heterocycles. The molecule has 1 atom stereocenters. The third-order valence-electron chi connectivity index (χ3n) is 6.00. The molecule has 35 heavy (non-hydrogen) atoms. The summed E-state index contributed by atoms with van der Waals surface area (Å²) in [5.74, 6) is 0.242. The second-order valence-electron chi connectivity index (χ2n) is 8.44. The number of allylic oxidation sites excluding steroid dienone is 1. The molecule has 1 N–H and O–H groups in total. The van der Waals surface area contributed by atoms with Gasteiger partial charge in [-0.05, 0) is 61.4 Å². The van der Waals surface area contributed by atoms with Gasteiger partial charge < -0.3 is 9.84 Å². The van der Waals surface area contributed by atoms with Crippen LogP contribution in [0.4, 0.5) is 9.18 Å². The molecular weight excluding hydrogens is 467 g/mol. The third kappa shape index (κ3) is 4.68. The summed E-state index contributed by atoms with van der Waals surface area (Å²) in [5, 5.41) is 7.73. The normalized spacial score (nSPS) is 15.9. The van der Waals surface area contributed by atoms with Crippen molar-refractivity contribution in [1.82, 2.24) is 20.4 Å². The minimum absolute atomic E-state index is 0.241. The third-order valence-corrected chi connectivity index (χ3v) is 6.23. The van der Waals surface area contributed by atoms with Crippen LogP contribution in [0.25, 0.3) is 17.0 Å². The summed E-state index contributed by atoms with van der Waals surface area (Å²) in [6.07, 6.45) is 0. The van der Waals surface area contributed by atoms with Gasteiger partial charge >= 0.3 is 6.03 Å². The van der Waals surface area contributed by atoms with Crippen molar-refractivity contribution in [2.45, 2.75) is 26.4 Å². The Kier molecular flexibility index (Phi) is 6.09. The molecule has 0 radical (unpaired) electrons. The van der Waals surface area contributed by atoms with Crippen molar-refractivity contribution < 1.29 is 13.7 Å². The molecule has 1 aliphatic rings. The Morgan fingerprint density at radius 3 is 2.51 bits per heavy atom. The highest BCUT2D eigenvalue weighted by molar-refractivity contribution is 6.30. The minimum Gasteiger partial charge on any atom is -0.334 e. The number of amides is 2. The molecule has 2 heterocycles. The first kappa shape index (κ1) is 22.8. The quantitative estimate of drug-likeness (QED) is 0.346. The number of hydrogen-bond donors (Lipinski definition) is 1. The van der Waals surface area contributed by atoms with Crippen LogP contribution in [0.2, 0.25) is 5.02 Å². The van der Waals surface area contributed by atoms with Gasteiger partial charge in [-0.15, -0.1) is 0 Å². The number of nitrogens with zero attached hydrogens (tertiary/aromatic N) is 3. The number of carbonyl (C=O) groups is 1. The van der Waals surface area contributed by atoms with E-state index >= 15 is 0 Å². The van der Waals surface area contributed by atoms with E-state index in [1.165, 1.54) is 12.1 Å². The molecule has 8 heteroatoms. The number of aromatic nitrogens is 2. The van der Waals surface area contributed by atoms with Crippen molar-refractivity contribution in [3.05, 3.63) is 112 Å². The molecule has 0 saturated carbocycles. The van der Waals surface area contributed by atoms with Crippen molar-refractivity contribution >= 4 is 23.2 Å². The fraction of sp³-hybridized carbons (Fsp3) is 0.148. The lowest BCUT2D eigenvalue weighted by Gasteiger charge is -2.35. The first-order valence-electron chi connectivity index (χ1n) is 11.1. The summed E-state index contributed by atoms with van der Waals surface area (Å²) in [5.41, 5.74) is 4.90. The molecule has 176 valence electrons. The maximum absolute atomic E-state index is 13.4. The van der Waals surface area contributed by atoms with Crippen LogP contribution in [-0.2, 0) is 6.54 Å². The lowest BCUT2D eigenvalue weighted by atomic mass is 9.94. The summed E-state index contributed by atoms with van der Waals surface area (Å²) in [6.45, 7) is 4.26. The van der Waals surface area contributed by atoms with E-state index < -0.39 is 6.04 Å². The fourth-order valence-corrected chi connectivity index (χ4v) is 4.31. The summed E-state index contributed by atoms with van der Waals surface area (Å²) in [4.78, 5) is 19.5. The summed E-state index contributed by atoms with van der Waals surface area (Å²) < 4.78 is 19.0. The summed E-state index contributed by atoms with van der Waals surface area (Å²) in [6, 6.07) is 20.4. The van der Waals surface area contributed by atoms with E-state index in [2.05, 4.69) is 15.5 Å². The van der Waals surface area contributed by atoms with Gasteiger partial charge in [0, 0.05) is 16.3 Å². The van der Waals surface area contributed by atoms with Crippen LogP contribution in [-0.4, -0.2) is 21.1 Å². The summed E-state index contributed by atoms with van der Waals surface area (Å²) >= 11 is 6.26. The van der Waals surface area contributed by atoms with E-state index in [9.17, 15) is 9.18 Å². The Bertz CT molecular complexity index is 1410. The monoisotopic (exact) mass is 488 g/mol. The molecule has 5 rings (SSSR count). The first-order chi connectivity index (χ1) is 16.9. The summed E-state index contributed by atoms with van der Waals surface area (Å²) in [7, 11) is 0. The van der Waals surface area contributed by atoms with Crippen molar-refractivity contribution in [3.8, 4) is 11.4 Å². The van der Waals surface area contributed by atoms with Crippen LogP contribution < -0.4 is 5.32 Å². The van der Waals surface area contributed by atoms with Gasteiger partial charge in [-0.25, -0.2) is 9.18 Å². The molecule has 0 fully saturated rings. The van der Waals surface area contributed by atoms with E-state index in [1.54, 1.807) is 29.2 Å². The number of carbonyl (C=O) groups excluding carboxylic acids is 1. The molecule has 4 aromatic rings. The first-order valence-corrected chi connectivity index (χ1v) is 11.5. The highest BCUT2D eigenvalue weighted by Crippen LogP contribution is 2.38. The van der Waals surface area contributed by atoms with Gasteiger partial charge in [-0.1, -0.05) is 58.7 Å². The van der Waals surface area contributed by atoms with Gasteiger partial charge in [0.1, 0.15) is 5.82 Å². The Hall–Kier alpha value is -3.97. The zero-order valence-electron chi connectivity index (χ0n) is 19.1. The highest BCUT2D eigenvalue weighted by atomic mass is 35.5. The van der Waals surface area contributed by atoms with E-state index in [1.807, 2.05) is 50.2 Å². The molecule has 3 aromatic carbocycles. The van der Waals surface area contributed by atoms with Crippen molar-refractivity contribution in [2.75, 3.05) is 0 Å². The van der Waals surface area contributed by atoms with Crippen molar-refractivity contribution in [1.29, 1.82) is 0 Å². The van der Waals surface area contributed by atoms with E-state index in [0.717, 1.165) is 16.7 Å². The molecule has 1 aliphatic heterocycles. The number of urea groups is 1. The van der Waals surface area contributed by atoms with E-state index in [4.69, 9.17) is 16.1 Å². The maximum atomic E-state index is 13.4. The van der Waals surface area contributed by atoms with Crippen LogP contribution in [0.3, 0.4) is 0 Å². The van der Waals surface area contributed by atoms with E-state index in [-0.39, 0.29) is 17.7 Å². The van der Waals surface area contributed by atoms with Crippen LogP contribution in [0.1, 0.15) is 35.5 Å². The van der Waals surface area contributed by atoms with Gasteiger partial charge in [0.2, 0.25) is 5.82 Å². The van der Waals surface area contributed by atoms with Gasteiger partial charge in [-0.3, -0.25) is 4.90 Å². The smallest absolute Gasteiger partial charge is 0.322 e. The van der Waals surface area contributed by atoms with Crippen molar-refractivity contribution in [2.24, 2.45) is 0 Å². The average Bonchev–Trinajstić information content (AvgIpc) is 3.33. The van der Waals surface area contributed by atoms with Crippen LogP contribution in [0.15, 0.2) is 83.0 Å². The number of benzene rings is 3. The maximum Gasteiger partial charge on any atom is 0.322 e. The Morgan fingerprint density at radius 1 is 1.06 bits per heavy atom. The van der Waals surface area contributed by atoms with Crippen LogP contribution >= 0.6 is 11.6 Å². The minimum atomic E-state index is -0.544. The Morgan fingerprint density at radius 2 is 1.80 bits per heavy atom. The standard InChI is InChI=1S/C27H22ClFN4O2/c1-16-6-8-18(9-7-16)15-33-17(2)23(24(30-27(33)34)20-4-3-5-21(28)14-20)26-31-25(32-35-26)19-10-12-22(29)13-11-19/h3-14,24H,15H2,1-2H3,(H,30,34). The van der Waals surface area contributed by atoms with Gasteiger partial charge in [-0.2, -0.15) is 4.98 Å². The molecule has 0 aliphatic carbocycles. The molecule has 0 bridgehead atoms. The second kappa shape index (κ2) is 9.35. The predicted molar refractivity (Wildman–Crippen MR) is 132 cm³/mol.